The Hall–Kier alpha value is -2.73. The summed E-state index contributed by atoms with van der Waals surface area (Å²) in [6, 6.07) is 14.6. The van der Waals surface area contributed by atoms with Gasteiger partial charge in [-0.05, 0) is 75.2 Å². The fourth-order valence-corrected chi connectivity index (χ4v) is 6.14. The van der Waals surface area contributed by atoms with Crippen LogP contribution in [0.5, 0.6) is 0 Å². The fraction of sp³-hybridized carbons (Fsp3) is 0.480. The lowest BCUT2D eigenvalue weighted by Crippen LogP contribution is -2.41. The van der Waals surface area contributed by atoms with Gasteiger partial charge >= 0.3 is 0 Å². The second-order valence-corrected chi connectivity index (χ2v) is 9.42. The quantitative estimate of drug-likeness (QED) is 0.697. The molecule has 1 N–H and O–H groups in total. The van der Waals surface area contributed by atoms with Crippen molar-refractivity contribution in [2.24, 2.45) is 11.8 Å². The first kappa shape index (κ1) is 19.0. The fourth-order valence-electron chi connectivity index (χ4n) is 6.14. The number of pyridine rings is 1. The van der Waals surface area contributed by atoms with Gasteiger partial charge in [0.1, 0.15) is 5.65 Å². The molecule has 31 heavy (non-hydrogen) atoms. The Morgan fingerprint density at radius 2 is 1.81 bits per heavy atom. The van der Waals surface area contributed by atoms with Crippen molar-refractivity contribution in [3.05, 3.63) is 59.0 Å². The average molecular weight is 416 g/mol. The molecule has 3 unspecified atom stereocenters. The van der Waals surface area contributed by atoms with Gasteiger partial charge in [-0.25, -0.2) is 4.98 Å². The van der Waals surface area contributed by atoms with Crippen molar-refractivity contribution in [1.29, 1.82) is 0 Å². The zero-order valence-electron chi connectivity index (χ0n) is 17.8. The number of piperidine rings is 1. The van der Waals surface area contributed by atoms with Gasteiger partial charge in [-0.3, -0.25) is 9.36 Å². The predicted molar refractivity (Wildman–Crippen MR) is 123 cm³/mol. The monoisotopic (exact) mass is 415 g/mol. The molecular weight excluding hydrogens is 386 g/mol. The average Bonchev–Trinajstić information content (AvgIpc) is 3.44. The lowest BCUT2D eigenvalue weighted by molar-refractivity contribution is 0.329. The van der Waals surface area contributed by atoms with Crippen molar-refractivity contribution in [2.75, 3.05) is 18.0 Å². The van der Waals surface area contributed by atoms with Crippen LogP contribution >= 0.6 is 0 Å². The maximum absolute atomic E-state index is 13.0. The Bertz CT molecular complexity index is 1140. The number of hydrogen-bond acceptors (Lipinski definition) is 5. The molecule has 1 saturated heterocycles. The Balaban J connectivity index is 1.48. The van der Waals surface area contributed by atoms with Crippen LogP contribution in [0.1, 0.15) is 44.6 Å². The highest BCUT2D eigenvalue weighted by Gasteiger charge is 2.41. The van der Waals surface area contributed by atoms with E-state index in [-0.39, 0.29) is 11.6 Å². The number of fused-ring (bicyclic) bond motifs is 3. The smallest absolute Gasteiger partial charge is 0.252 e. The standard InChI is InChI=1S/C25H29N5O/c31-23-9-8-19-16-27-25(28-24(19)30(23)22-15-17-6-7-18(22)14-17)29(20-4-2-1-3-5-20)21-10-12-26-13-11-21/h1-5,8-9,16-18,21-22,26H,6-7,10-15H2. The molecule has 2 bridgehead atoms. The summed E-state index contributed by atoms with van der Waals surface area (Å²) in [6.07, 6.45) is 8.92. The molecule has 6 heteroatoms. The van der Waals surface area contributed by atoms with Crippen molar-refractivity contribution in [1.82, 2.24) is 19.9 Å². The number of anilines is 2. The third kappa shape index (κ3) is 3.33. The number of hydrogen-bond donors (Lipinski definition) is 1. The van der Waals surface area contributed by atoms with Crippen molar-refractivity contribution in [3.8, 4) is 0 Å². The minimum absolute atomic E-state index is 0.0721. The molecule has 160 valence electrons. The molecule has 1 aromatic carbocycles. The Kier molecular flexibility index (Phi) is 4.75. The predicted octanol–water partition coefficient (Wildman–Crippen LogP) is 4.04. The maximum Gasteiger partial charge on any atom is 0.252 e. The summed E-state index contributed by atoms with van der Waals surface area (Å²) in [5.41, 5.74) is 1.98. The summed E-state index contributed by atoms with van der Waals surface area (Å²) in [5, 5.41) is 4.41. The molecule has 3 atom stereocenters. The lowest BCUT2D eigenvalue weighted by Gasteiger charge is -2.35. The summed E-state index contributed by atoms with van der Waals surface area (Å²) in [6.45, 7) is 1.99. The zero-order valence-corrected chi connectivity index (χ0v) is 17.8. The summed E-state index contributed by atoms with van der Waals surface area (Å²) in [5.74, 6) is 2.09. The lowest BCUT2D eigenvalue weighted by atomic mass is 9.95. The molecule has 2 saturated carbocycles. The van der Waals surface area contributed by atoms with E-state index in [1.165, 1.54) is 19.3 Å². The molecule has 1 aliphatic heterocycles. The van der Waals surface area contributed by atoms with Crippen molar-refractivity contribution >= 4 is 22.7 Å². The minimum Gasteiger partial charge on any atom is -0.317 e. The third-order valence-electron chi connectivity index (χ3n) is 7.61. The van der Waals surface area contributed by atoms with E-state index in [9.17, 15) is 4.79 Å². The van der Waals surface area contributed by atoms with Crippen molar-refractivity contribution < 1.29 is 0 Å². The van der Waals surface area contributed by atoms with Gasteiger partial charge in [-0.1, -0.05) is 24.6 Å². The van der Waals surface area contributed by atoms with Crippen LogP contribution in [0.15, 0.2) is 53.5 Å². The summed E-state index contributed by atoms with van der Waals surface area (Å²) >= 11 is 0. The summed E-state index contributed by atoms with van der Waals surface area (Å²) in [4.78, 5) is 25.2. The number of benzene rings is 1. The molecule has 3 aliphatic rings. The molecule has 3 heterocycles. The van der Waals surface area contributed by atoms with E-state index in [0.29, 0.717) is 17.9 Å². The normalized spacial score (nSPS) is 25.9. The second kappa shape index (κ2) is 7.75. The minimum atomic E-state index is 0.0721. The first-order chi connectivity index (χ1) is 15.3. The first-order valence-electron chi connectivity index (χ1n) is 11.7. The Labute approximate surface area is 182 Å². The molecule has 2 aliphatic carbocycles. The summed E-state index contributed by atoms with van der Waals surface area (Å²) in [7, 11) is 0. The largest absolute Gasteiger partial charge is 0.317 e. The molecule has 6 rings (SSSR count). The van der Waals surface area contributed by atoms with Crippen LogP contribution in [0.25, 0.3) is 11.0 Å². The molecule has 3 aromatic rings. The molecule has 0 spiro atoms. The van der Waals surface area contributed by atoms with Gasteiger partial charge < -0.3 is 10.2 Å². The first-order valence-corrected chi connectivity index (χ1v) is 11.7. The van der Waals surface area contributed by atoms with Gasteiger partial charge in [-0.15, -0.1) is 0 Å². The number of rotatable bonds is 4. The van der Waals surface area contributed by atoms with Gasteiger partial charge in [0.2, 0.25) is 5.95 Å². The second-order valence-electron chi connectivity index (χ2n) is 9.42. The SMILES string of the molecule is O=c1ccc2cnc(N(c3ccccc3)C3CCNCC3)nc2n1C1CC2CCC1C2. The van der Waals surface area contributed by atoms with Crippen LogP contribution in [0.4, 0.5) is 11.6 Å². The van der Waals surface area contributed by atoms with Gasteiger partial charge in [-0.2, -0.15) is 4.98 Å². The van der Waals surface area contributed by atoms with Crippen LogP contribution in [0.3, 0.4) is 0 Å². The van der Waals surface area contributed by atoms with E-state index in [1.54, 1.807) is 6.07 Å². The maximum atomic E-state index is 13.0. The van der Waals surface area contributed by atoms with E-state index in [4.69, 9.17) is 9.97 Å². The molecule has 0 radical (unpaired) electrons. The Morgan fingerprint density at radius 1 is 0.968 bits per heavy atom. The van der Waals surface area contributed by atoms with Crippen molar-refractivity contribution in [2.45, 2.75) is 50.6 Å². The molecular formula is C25H29N5O. The van der Waals surface area contributed by atoms with E-state index < -0.39 is 0 Å². The van der Waals surface area contributed by atoms with Crippen LogP contribution < -0.4 is 15.8 Å². The zero-order chi connectivity index (χ0) is 20.8. The molecule has 6 nitrogen and oxygen atoms in total. The molecule has 2 aromatic heterocycles. The topological polar surface area (TPSA) is 63.1 Å². The number of aromatic nitrogens is 3. The number of nitrogens with zero attached hydrogens (tertiary/aromatic N) is 4. The van der Waals surface area contributed by atoms with E-state index in [2.05, 4.69) is 34.5 Å². The van der Waals surface area contributed by atoms with Gasteiger partial charge in [0.15, 0.2) is 0 Å². The summed E-state index contributed by atoms with van der Waals surface area (Å²) < 4.78 is 2.00. The van der Waals surface area contributed by atoms with Gasteiger partial charge in [0.05, 0.1) is 0 Å². The van der Waals surface area contributed by atoms with Crippen LogP contribution in [0, 0.1) is 11.8 Å². The van der Waals surface area contributed by atoms with Crippen LogP contribution in [-0.2, 0) is 0 Å². The van der Waals surface area contributed by atoms with Gasteiger partial charge in [0, 0.05) is 35.4 Å². The van der Waals surface area contributed by atoms with Crippen LogP contribution in [-0.4, -0.2) is 33.7 Å². The molecule has 0 amide bonds. The Morgan fingerprint density at radius 3 is 2.55 bits per heavy atom. The van der Waals surface area contributed by atoms with Crippen LogP contribution in [0.2, 0.25) is 0 Å². The highest BCUT2D eigenvalue weighted by molar-refractivity contribution is 5.76. The van der Waals surface area contributed by atoms with E-state index >= 15 is 0 Å². The van der Waals surface area contributed by atoms with E-state index in [1.807, 2.05) is 22.9 Å². The van der Waals surface area contributed by atoms with E-state index in [0.717, 1.165) is 55.0 Å². The number of nitrogens with one attached hydrogen (secondary N) is 1. The van der Waals surface area contributed by atoms with Crippen molar-refractivity contribution in [3.63, 3.8) is 0 Å². The van der Waals surface area contributed by atoms with Gasteiger partial charge in [0.25, 0.3) is 5.56 Å². The number of para-hydroxylation sites is 1. The highest BCUT2D eigenvalue weighted by Crippen LogP contribution is 2.50. The third-order valence-corrected chi connectivity index (χ3v) is 7.61. The highest BCUT2D eigenvalue weighted by atomic mass is 16.1. The molecule has 3 fully saturated rings.